The molecular weight excluding hydrogens is 347 g/mol. The van der Waals surface area contributed by atoms with E-state index in [1.807, 2.05) is 0 Å². The van der Waals surface area contributed by atoms with E-state index in [4.69, 9.17) is 17.3 Å². The molecule has 0 aromatic heterocycles. The lowest BCUT2D eigenvalue weighted by atomic mass is 10.0. The van der Waals surface area contributed by atoms with E-state index in [2.05, 4.69) is 10.5 Å². The smallest absolute Gasteiger partial charge is 0.290 e. The number of rotatable bonds is 4. The van der Waals surface area contributed by atoms with Gasteiger partial charge in [-0.25, -0.2) is 4.39 Å². The monoisotopic (exact) mass is 362 g/mol. The van der Waals surface area contributed by atoms with Gasteiger partial charge >= 0.3 is 0 Å². The molecule has 0 saturated heterocycles. The Morgan fingerprint density at radius 3 is 2.48 bits per heavy atom. The third kappa shape index (κ3) is 4.33. The maximum Gasteiger partial charge on any atom is 0.290 e. The Bertz CT molecular complexity index is 852. The first-order valence-corrected chi connectivity index (χ1v) is 7.58. The molecule has 0 bridgehead atoms. The number of hydrogen-bond acceptors (Lipinski definition) is 4. The summed E-state index contributed by atoms with van der Waals surface area (Å²) in [6.45, 7) is 0. The Balaban J connectivity index is 2.38. The van der Waals surface area contributed by atoms with Crippen LogP contribution in [-0.4, -0.2) is 36.5 Å². The van der Waals surface area contributed by atoms with Crippen molar-refractivity contribution in [3.05, 3.63) is 64.4 Å². The van der Waals surface area contributed by atoms with Crippen LogP contribution in [0.4, 0.5) is 10.1 Å². The lowest BCUT2D eigenvalue weighted by molar-refractivity contribution is -0.121. The van der Waals surface area contributed by atoms with Crippen LogP contribution in [0.25, 0.3) is 0 Å². The number of benzene rings is 2. The maximum absolute atomic E-state index is 13.9. The molecule has 2 aromatic carbocycles. The molecule has 130 valence electrons. The van der Waals surface area contributed by atoms with Gasteiger partial charge in [0.1, 0.15) is 5.82 Å². The average molecular weight is 363 g/mol. The topological polar surface area (TPSA) is 87.8 Å². The van der Waals surface area contributed by atoms with Crippen molar-refractivity contribution >= 4 is 34.8 Å². The van der Waals surface area contributed by atoms with Crippen molar-refractivity contribution in [2.24, 2.45) is 10.8 Å². The highest BCUT2D eigenvalue weighted by Crippen LogP contribution is 2.24. The van der Waals surface area contributed by atoms with Crippen LogP contribution in [0, 0.1) is 5.82 Å². The molecule has 8 heteroatoms. The lowest BCUT2D eigenvalue weighted by Crippen LogP contribution is -2.36. The van der Waals surface area contributed by atoms with Gasteiger partial charge in [-0.3, -0.25) is 15.0 Å². The van der Waals surface area contributed by atoms with Gasteiger partial charge in [0, 0.05) is 24.7 Å². The molecule has 0 aliphatic rings. The quantitative estimate of drug-likeness (QED) is 0.378. The van der Waals surface area contributed by atoms with Gasteiger partial charge in [-0.2, -0.15) is 5.10 Å². The molecule has 25 heavy (non-hydrogen) atoms. The summed E-state index contributed by atoms with van der Waals surface area (Å²) in [6.07, 6.45) is 0. The van der Waals surface area contributed by atoms with Crippen LogP contribution < -0.4 is 11.2 Å². The fourth-order valence-electron chi connectivity index (χ4n) is 1.99. The number of likely N-dealkylation sites (N-methyl/N-ethyl adjacent to an activating group) is 1. The number of amidine groups is 1. The zero-order valence-corrected chi connectivity index (χ0v) is 14.3. The third-order valence-electron chi connectivity index (χ3n) is 3.27. The number of hydrogen-bond donors (Lipinski definition) is 2. The Hall–Kier alpha value is -2.93. The van der Waals surface area contributed by atoms with Crippen molar-refractivity contribution < 1.29 is 14.0 Å². The molecule has 2 aromatic rings. The summed E-state index contributed by atoms with van der Waals surface area (Å²) in [5, 5.41) is 4.07. The molecular formula is C17H16ClFN4O2. The Kier molecular flexibility index (Phi) is 5.71. The van der Waals surface area contributed by atoms with E-state index in [0.717, 1.165) is 0 Å². The molecule has 0 fully saturated rings. The number of carbonyl (C=O) groups excluding carboxylic acids is 2. The Morgan fingerprint density at radius 1 is 1.16 bits per heavy atom. The molecule has 0 saturated carbocycles. The fraction of sp³-hybridized carbons (Fsp3) is 0.118. The lowest BCUT2D eigenvalue weighted by Gasteiger charge is -2.12. The molecule has 2 rings (SSSR count). The van der Waals surface area contributed by atoms with E-state index in [0.29, 0.717) is 5.02 Å². The highest BCUT2D eigenvalue weighted by atomic mass is 35.5. The van der Waals surface area contributed by atoms with Gasteiger partial charge in [0.15, 0.2) is 5.78 Å². The van der Waals surface area contributed by atoms with Crippen molar-refractivity contribution in [2.75, 3.05) is 19.5 Å². The second-order valence-corrected chi connectivity index (χ2v) is 5.74. The van der Waals surface area contributed by atoms with Crippen LogP contribution in [0.5, 0.6) is 0 Å². The van der Waals surface area contributed by atoms with Gasteiger partial charge in [-0.15, -0.1) is 0 Å². The number of amides is 1. The molecule has 3 N–H and O–H groups in total. The van der Waals surface area contributed by atoms with Crippen molar-refractivity contribution in [3.63, 3.8) is 0 Å². The van der Waals surface area contributed by atoms with Gasteiger partial charge in [0.05, 0.1) is 11.3 Å². The van der Waals surface area contributed by atoms with Crippen LogP contribution in [0.2, 0.25) is 5.02 Å². The number of halogens is 2. The highest BCUT2D eigenvalue weighted by molar-refractivity contribution is 6.37. The fourth-order valence-corrected chi connectivity index (χ4v) is 2.16. The number of carbonyl (C=O) groups is 2. The minimum atomic E-state index is -0.649. The first-order chi connectivity index (χ1) is 11.8. The largest absolute Gasteiger partial charge is 0.378 e. The average Bonchev–Trinajstić information content (AvgIpc) is 2.59. The normalized spacial score (nSPS) is 11.1. The minimum Gasteiger partial charge on any atom is -0.378 e. The van der Waals surface area contributed by atoms with E-state index in [1.54, 1.807) is 6.07 Å². The molecule has 0 atom stereocenters. The predicted octanol–water partition coefficient (Wildman–Crippen LogP) is 2.48. The Labute approximate surface area is 149 Å². The number of ketones is 1. The van der Waals surface area contributed by atoms with Crippen LogP contribution >= 0.6 is 11.6 Å². The predicted molar refractivity (Wildman–Crippen MR) is 95.2 cm³/mol. The van der Waals surface area contributed by atoms with E-state index in [9.17, 15) is 14.0 Å². The summed E-state index contributed by atoms with van der Waals surface area (Å²) in [4.78, 5) is 25.6. The highest BCUT2D eigenvalue weighted by Gasteiger charge is 2.18. The molecule has 0 aliphatic carbocycles. The summed E-state index contributed by atoms with van der Waals surface area (Å²) in [5.74, 6) is -2.01. The molecule has 0 aliphatic heterocycles. The zero-order chi connectivity index (χ0) is 18.6. The van der Waals surface area contributed by atoms with E-state index in [1.165, 1.54) is 55.4 Å². The maximum atomic E-state index is 13.9. The van der Waals surface area contributed by atoms with Gasteiger partial charge in [-0.1, -0.05) is 23.7 Å². The van der Waals surface area contributed by atoms with E-state index >= 15 is 0 Å². The van der Waals surface area contributed by atoms with Gasteiger partial charge < -0.3 is 10.6 Å². The van der Waals surface area contributed by atoms with E-state index < -0.39 is 17.5 Å². The number of anilines is 1. The number of hydrazone groups is 1. The number of nitrogens with one attached hydrogen (secondary N) is 1. The second-order valence-electron chi connectivity index (χ2n) is 5.31. The van der Waals surface area contributed by atoms with Crippen LogP contribution in [0.3, 0.4) is 0 Å². The molecule has 0 heterocycles. The van der Waals surface area contributed by atoms with E-state index in [-0.39, 0.29) is 22.6 Å². The molecule has 1 amide bonds. The summed E-state index contributed by atoms with van der Waals surface area (Å²) in [7, 11) is 3.06. The standard InChI is InChI=1S/C17H16ClFN4O2/c1-23(2)17(25)16(20)22-21-14-8-7-10(18)9-12(14)15(24)11-5-3-4-6-13(11)19/h3-9,21H,1-2H3,(H2,20,22). The third-order valence-corrected chi connectivity index (χ3v) is 3.50. The van der Waals surface area contributed by atoms with Crippen LogP contribution in [-0.2, 0) is 4.79 Å². The summed E-state index contributed by atoms with van der Waals surface area (Å²) in [6, 6.07) is 10.0. The number of nitrogens with two attached hydrogens (primary N) is 1. The molecule has 0 unspecified atom stereocenters. The summed E-state index contributed by atoms with van der Waals surface area (Å²) < 4.78 is 13.9. The number of nitrogens with zero attached hydrogens (tertiary/aromatic N) is 2. The van der Waals surface area contributed by atoms with Gasteiger partial charge in [0.2, 0.25) is 5.84 Å². The zero-order valence-electron chi connectivity index (χ0n) is 13.6. The second kappa shape index (κ2) is 7.76. The molecule has 0 radical (unpaired) electrons. The summed E-state index contributed by atoms with van der Waals surface area (Å²) >= 11 is 5.95. The molecule has 6 nitrogen and oxygen atoms in total. The van der Waals surface area contributed by atoms with Crippen molar-refractivity contribution in [3.8, 4) is 0 Å². The van der Waals surface area contributed by atoms with Crippen molar-refractivity contribution in [1.29, 1.82) is 0 Å². The first-order valence-electron chi connectivity index (χ1n) is 7.21. The van der Waals surface area contributed by atoms with Crippen LogP contribution in [0.1, 0.15) is 15.9 Å². The molecule has 0 spiro atoms. The van der Waals surface area contributed by atoms with Gasteiger partial charge in [0.25, 0.3) is 5.91 Å². The Morgan fingerprint density at radius 2 is 1.84 bits per heavy atom. The van der Waals surface area contributed by atoms with Crippen molar-refractivity contribution in [1.82, 2.24) is 4.90 Å². The van der Waals surface area contributed by atoms with Gasteiger partial charge in [-0.05, 0) is 30.3 Å². The van der Waals surface area contributed by atoms with Crippen LogP contribution in [0.15, 0.2) is 47.6 Å². The van der Waals surface area contributed by atoms with Crippen molar-refractivity contribution in [2.45, 2.75) is 0 Å². The minimum absolute atomic E-state index is 0.103. The SMILES string of the molecule is CN(C)C(=O)/C(N)=N/Nc1ccc(Cl)cc1C(=O)c1ccccc1F. The summed E-state index contributed by atoms with van der Waals surface area (Å²) in [5.41, 5.74) is 8.39. The first kappa shape index (κ1) is 18.4.